The number of nitrogens with zero attached hydrogens (tertiary/aromatic N) is 2. The van der Waals surface area contributed by atoms with Gasteiger partial charge in [-0.1, -0.05) is 40.5 Å². The average molecular weight is 289 g/mol. The molecule has 0 aliphatic rings. The molecule has 3 heteroatoms. The SMILES string of the molecule is CC(C)C[N-]C(C)[N-]C(C)(C)C.[CH3-].[CH3-].[Y]. The van der Waals surface area contributed by atoms with E-state index in [0.29, 0.717) is 5.92 Å². The minimum Gasteiger partial charge on any atom is -0.678 e. The van der Waals surface area contributed by atoms with Gasteiger partial charge in [-0.05, 0) is 0 Å². The molecule has 0 aromatic carbocycles. The minimum atomic E-state index is 0. The van der Waals surface area contributed by atoms with Crippen LogP contribution in [0.5, 0.6) is 0 Å². The van der Waals surface area contributed by atoms with Crippen LogP contribution in [-0.4, -0.2) is 18.2 Å². The molecule has 0 aliphatic heterocycles. The number of rotatable bonds is 4. The Labute approximate surface area is 123 Å². The van der Waals surface area contributed by atoms with Crippen molar-refractivity contribution in [1.29, 1.82) is 0 Å². The van der Waals surface area contributed by atoms with E-state index in [-0.39, 0.29) is 59.3 Å². The van der Waals surface area contributed by atoms with E-state index in [2.05, 4.69) is 45.3 Å². The molecule has 15 heavy (non-hydrogen) atoms. The van der Waals surface area contributed by atoms with E-state index in [4.69, 9.17) is 0 Å². The quantitative estimate of drug-likeness (QED) is 0.685. The van der Waals surface area contributed by atoms with Crippen LogP contribution in [0.3, 0.4) is 0 Å². The summed E-state index contributed by atoms with van der Waals surface area (Å²) in [4.78, 5) is 0. The monoisotopic (exact) mass is 289 g/mol. The van der Waals surface area contributed by atoms with Gasteiger partial charge in [0.25, 0.3) is 0 Å². The molecule has 1 unspecified atom stereocenters. The van der Waals surface area contributed by atoms with Gasteiger partial charge in [0, 0.05) is 32.7 Å². The van der Waals surface area contributed by atoms with Crippen LogP contribution in [0.4, 0.5) is 0 Å². The molecular formula is C12H28N2Y-4. The second-order valence-corrected chi connectivity index (χ2v) is 4.69. The van der Waals surface area contributed by atoms with Gasteiger partial charge in [-0.2, -0.15) is 0 Å². The molecule has 0 N–H and O–H groups in total. The Morgan fingerprint density at radius 1 is 1.00 bits per heavy atom. The van der Waals surface area contributed by atoms with Crippen molar-refractivity contribution in [3.63, 3.8) is 0 Å². The molecule has 93 valence electrons. The van der Waals surface area contributed by atoms with Gasteiger partial charge in [0.1, 0.15) is 0 Å². The molecule has 0 bridgehead atoms. The van der Waals surface area contributed by atoms with E-state index >= 15 is 0 Å². The van der Waals surface area contributed by atoms with Crippen molar-refractivity contribution < 1.29 is 32.7 Å². The summed E-state index contributed by atoms with van der Waals surface area (Å²) in [6, 6.07) is 0. The van der Waals surface area contributed by atoms with Gasteiger partial charge in [0.15, 0.2) is 0 Å². The van der Waals surface area contributed by atoms with E-state index in [1.165, 1.54) is 0 Å². The predicted octanol–water partition coefficient (Wildman–Crippen LogP) is 4.43. The van der Waals surface area contributed by atoms with Crippen molar-refractivity contribution in [3.8, 4) is 0 Å². The van der Waals surface area contributed by atoms with Crippen LogP contribution < -0.4 is 0 Å². The molecule has 0 amide bonds. The Morgan fingerprint density at radius 2 is 1.40 bits per heavy atom. The average Bonchev–Trinajstić information content (AvgIpc) is 1.79. The standard InChI is InChI=1S/C10H22N2.2CH3.Y/c1-8(2)7-11-9(3)12-10(4,5)6;;;/h8-9H,7H2,1-6H3;2*1H3;/q-2;2*-1;. The molecule has 0 aromatic heterocycles. The van der Waals surface area contributed by atoms with Crippen LogP contribution in [0.1, 0.15) is 41.5 Å². The Hall–Kier alpha value is 1.02. The van der Waals surface area contributed by atoms with Crippen molar-refractivity contribution in [3.05, 3.63) is 25.5 Å². The maximum Gasteiger partial charge on any atom is 0 e. The van der Waals surface area contributed by atoms with Gasteiger partial charge in [-0.15, -0.1) is 19.0 Å². The summed E-state index contributed by atoms with van der Waals surface area (Å²) < 4.78 is 0. The maximum atomic E-state index is 4.51. The smallest absolute Gasteiger partial charge is 0 e. The molecule has 2 nitrogen and oxygen atoms in total. The number of hydrogen-bond acceptors (Lipinski definition) is 0. The zero-order valence-corrected chi connectivity index (χ0v) is 14.7. The molecule has 0 fully saturated rings. The van der Waals surface area contributed by atoms with Gasteiger partial charge in [0.2, 0.25) is 0 Å². The summed E-state index contributed by atoms with van der Waals surface area (Å²) in [6.07, 6.45) is 0.146. The van der Waals surface area contributed by atoms with Gasteiger partial charge < -0.3 is 25.5 Å². The fourth-order valence-electron chi connectivity index (χ4n) is 0.965. The van der Waals surface area contributed by atoms with Gasteiger partial charge in [-0.25, -0.2) is 6.17 Å². The summed E-state index contributed by atoms with van der Waals surface area (Å²) in [5, 5.41) is 8.96. The van der Waals surface area contributed by atoms with Crippen molar-refractivity contribution in [2.45, 2.75) is 53.2 Å². The topological polar surface area (TPSA) is 28.2 Å². The molecule has 1 radical (unpaired) electrons. The Kier molecular flexibility index (Phi) is 19.2. The van der Waals surface area contributed by atoms with E-state index in [9.17, 15) is 0 Å². The van der Waals surface area contributed by atoms with Crippen molar-refractivity contribution in [1.82, 2.24) is 0 Å². The summed E-state index contributed by atoms with van der Waals surface area (Å²) in [6.45, 7) is 13.6. The van der Waals surface area contributed by atoms with E-state index < -0.39 is 0 Å². The van der Waals surface area contributed by atoms with Gasteiger partial charge in [-0.3, -0.25) is 0 Å². The van der Waals surface area contributed by atoms with Crippen LogP contribution >= 0.6 is 0 Å². The van der Waals surface area contributed by atoms with Crippen molar-refractivity contribution in [2.75, 3.05) is 6.54 Å². The normalized spacial score (nSPS) is 12.2. The fraction of sp³-hybridized carbons (Fsp3) is 0.833. The third kappa shape index (κ3) is 21.0. The number of hydrogen-bond donors (Lipinski definition) is 0. The molecular weight excluding hydrogens is 261 g/mol. The van der Waals surface area contributed by atoms with Crippen LogP contribution in [0.15, 0.2) is 0 Å². The molecule has 0 saturated heterocycles. The first-order valence-corrected chi connectivity index (χ1v) is 4.70. The summed E-state index contributed by atoms with van der Waals surface area (Å²) in [7, 11) is 0. The molecule has 1 atom stereocenters. The van der Waals surface area contributed by atoms with E-state index in [0.717, 1.165) is 6.54 Å². The van der Waals surface area contributed by atoms with E-state index in [1.807, 2.05) is 6.92 Å². The summed E-state index contributed by atoms with van der Waals surface area (Å²) in [5.74, 6) is 0.641. The van der Waals surface area contributed by atoms with Crippen LogP contribution in [-0.2, 0) is 32.7 Å². The third-order valence-electron chi connectivity index (χ3n) is 1.31. The summed E-state index contributed by atoms with van der Waals surface area (Å²) in [5.41, 5.74) is 0.0416. The zero-order valence-electron chi connectivity index (χ0n) is 11.8. The molecule has 0 rings (SSSR count). The molecule has 0 spiro atoms. The van der Waals surface area contributed by atoms with Crippen LogP contribution in [0, 0.1) is 20.8 Å². The Morgan fingerprint density at radius 3 is 1.67 bits per heavy atom. The zero-order chi connectivity index (χ0) is 9.78. The first kappa shape index (κ1) is 25.0. The second-order valence-electron chi connectivity index (χ2n) is 4.69. The Bertz CT molecular complexity index is 119. The third-order valence-corrected chi connectivity index (χ3v) is 1.31. The first-order valence-electron chi connectivity index (χ1n) is 4.70. The molecule has 0 aliphatic carbocycles. The molecule has 0 heterocycles. The van der Waals surface area contributed by atoms with Crippen LogP contribution in [0.2, 0.25) is 0 Å². The minimum absolute atomic E-state index is 0. The maximum absolute atomic E-state index is 4.51. The molecule has 0 saturated carbocycles. The van der Waals surface area contributed by atoms with Crippen molar-refractivity contribution >= 4 is 0 Å². The largest absolute Gasteiger partial charge is 0.678 e. The van der Waals surface area contributed by atoms with E-state index in [1.54, 1.807) is 0 Å². The predicted molar refractivity (Wildman–Crippen MR) is 68.5 cm³/mol. The Balaban J connectivity index is -0.000000202. The fourth-order valence-corrected chi connectivity index (χ4v) is 0.965. The molecule has 0 aromatic rings. The second kappa shape index (κ2) is 11.5. The van der Waals surface area contributed by atoms with Gasteiger partial charge in [0.05, 0.1) is 0 Å². The van der Waals surface area contributed by atoms with Crippen LogP contribution in [0.25, 0.3) is 10.6 Å². The first-order chi connectivity index (χ1) is 5.31. The van der Waals surface area contributed by atoms with Crippen molar-refractivity contribution in [2.24, 2.45) is 5.92 Å². The summed E-state index contributed by atoms with van der Waals surface area (Å²) >= 11 is 0. The van der Waals surface area contributed by atoms with Gasteiger partial charge >= 0.3 is 0 Å².